The SMILES string of the molecule is O=C(Nc1cncc(-c2ccc3[nH]nc(-c4cc5c(-c6ccc(F)s6)nccc5[nH]4)c3n2)c1)C1CCC1. The Kier molecular flexibility index (Phi) is 5.07. The number of nitrogens with one attached hydrogen (secondary N) is 3. The zero-order valence-electron chi connectivity index (χ0n) is 19.5. The van der Waals surface area contributed by atoms with Crippen LogP contribution >= 0.6 is 11.3 Å². The van der Waals surface area contributed by atoms with Gasteiger partial charge in [0, 0.05) is 34.8 Å². The molecule has 182 valence electrons. The van der Waals surface area contributed by atoms with E-state index in [9.17, 15) is 9.18 Å². The molecule has 7 rings (SSSR count). The molecule has 1 fully saturated rings. The molecule has 0 saturated heterocycles. The highest BCUT2D eigenvalue weighted by Crippen LogP contribution is 2.35. The van der Waals surface area contributed by atoms with Gasteiger partial charge in [-0.3, -0.25) is 19.9 Å². The molecule has 3 N–H and O–H groups in total. The molecule has 10 heteroatoms. The molecule has 37 heavy (non-hydrogen) atoms. The summed E-state index contributed by atoms with van der Waals surface area (Å²) in [5, 5.41) is 11.2. The molecule has 0 atom stereocenters. The predicted molar refractivity (Wildman–Crippen MR) is 141 cm³/mol. The van der Waals surface area contributed by atoms with Crippen LogP contribution in [-0.4, -0.2) is 36.0 Å². The van der Waals surface area contributed by atoms with Crippen LogP contribution < -0.4 is 5.32 Å². The van der Waals surface area contributed by atoms with Crippen LogP contribution in [-0.2, 0) is 4.79 Å². The standard InChI is InChI=1S/C27H20FN7OS/c28-23-7-6-22(37-23)24-17-11-21(32-19(17)8-9-30-24)26-25-20(34-35-26)5-4-18(33-25)15-10-16(13-29-12-15)31-27(36)14-2-1-3-14/h4-14,32H,1-3H2,(H,31,36)(H,34,35). The number of H-pyrrole nitrogens is 2. The minimum absolute atomic E-state index is 0.0451. The van der Waals surface area contributed by atoms with Crippen LogP contribution in [0.1, 0.15) is 19.3 Å². The normalized spacial score (nSPS) is 13.8. The maximum atomic E-state index is 13.7. The third-order valence-electron chi connectivity index (χ3n) is 6.80. The predicted octanol–water partition coefficient (Wildman–Crippen LogP) is 6.17. The highest BCUT2D eigenvalue weighted by atomic mass is 32.1. The molecule has 1 amide bonds. The minimum Gasteiger partial charge on any atom is -0.353 e. The molecule has 8 nitrogen and oxygen atoms in total. The van der Waals surface area contributed by atoms with Crippen LogP contribution in [0.5, 0.6) is 0 Å². The number of halogens is 1. The summed E-state index contributed by atoms with van der Waals surface area (Å²) >= 11 is 1.07. The molecule has 0 bridgehead atoms. The number of carbonyl (C=O) groups is 1. The van der Waals surface area contributed by atoms with Crippen molar-refractivity contribution in [2.24, 2.45) is 5.92 Å². The van der Waals surface area contributed by atoms with Crippen molar-refractivity contribution in [1.29, 1.82) is 0 Å². The molecule has 6 heterocycles. The van der Waals surface area contributed by atoms with Crippen LogP contribution in [0, 0.1) is 11.0 Å². The van der Waals surface area contributed by atoms with Crippen molar-refractivity contribution in [3.05, 3.63) is 66.2 Å². The fourth-order valence-corrected chi connectivity index (χ4v) is 5.37. The quantitative estimate of drug-likeness (QED) is 0.257. The lowest BCUT2D eigenvalue weighted by atomic mass is 9.85. The van der Waals surface area contributed by atoms with Gasteiger partial charge in [0.2, 0.25) is 5.91 Å². The van der Waals surface area contributed by atoms with E-state index >= 15 is 0 Å². The lowest BCUT2D eigenvalue weighted by molar-refractivity contribution is -0.122. The number of hydrogen-bond acceptors (Lipinski definition) is 6. The van der Waals surface area contributed by atoms with Crippen molar-refractivity contribution in [1.82, 2.24) is 30.1 Å². The van der Waals surface area contributed by atoms with Crippen molar-refractivity contribution in [2.45, 2.75) is 19.3 Å². The Morgan fingerprint density at radius 3 is 2.78 bits per heavy atom. The average molecular weight is 510 g/mol. The molecule has 0 unspecified atom stereocenters. The van der Waals surface area contributed by atoms with E-state index in [2.05, 4.69) is 30.5 Å². The van der Waals surface area contributed by atoms with Gasteiger partial charge in [-0.15, -0.1) is 11.3 Å². The van der Waals surface area contributed by atoms with E-state index in [-0.39, 0.29) is 17.0 Å². The summed E-state index contributed by atoms with van der Waals surface area (Å²) in [4.78, 5) is 30.2. The van der Waals surface area contributed by atoms with E-state index < -0.39 is 0 Å². The van der Waals surface area contributed by atoms with Crippen molar-refractivity contribution in [2.75, 3.05) is 5.32 Å². The number of thiophene rings is 1. The highest BCUT2D eigenvalue weighted by Gasteiger charge is 2.25. The molecule has 6 aromatic rings. The van der Waals surface area contributed by atoms with Gasteiger partial charge in [0.25, 0.3) is 0 Å². The first kappa shape index (κ1) is 21.8. The van der Waals surface area contributed by atoms with Gasteiger partial charge < -0.3 is 10.3 Å². The first-order chi connectivity index (χ1) is 18.1. The van der Waals surface area contributed by atoms with Gasteiger partial charge in [0.1, 0.15) is 11.2 Å². The fraction of sp³-hybridized carbons (Fsp3) is 0.148. The Labute approximate surface area is 214 Å². The zero-order valence-corrected chi connectivity index (χ0v) is 20.3. The van der Waals surface area contributed by atoms with Crippen molar-refractivity contribution in [3.63, 3.8) is 0 Å². The van der Waals surface area contributed by atoms with E-state index in [4.69, 9.17) is 4.98 Å². The van der Waals surface area contributed by atoms with Gasteiger partial charge in [-0.05, 0) is 55.3 Å². The maximum Gasteiger partial charge on any atom is 0.227 e. The second-order valence-corrected chi connectivity index (χ2v) is 10.2. The Hall–Kier alpha value is -4.44. The second-order valence-electron chi connectivity index (χ2n) is 9.15. The number of hydrogen-bond donors (Lipinski definition) is 3. The largest absolute Gasteiger partial charge is 0.353 e. The van der Waals surface area contributed by atoms with E-state index in [0.717, 1.165) is 68.8 Å². The summed E-state index contributed by atoms with van der Waals surface area (Å²) in [6.45, 7) is 0. The van der Waals surface area contributed by atoms with E-state index in [1.165, 1.54) is 6.07 Å². The molecular formula is C27H20FN7OS. The van der Waals surface area contributed by atoms with Crippen LogP contribution in [0.15, 0.2) is 61.1 Å². The Balaban J connectivity index is 1.26. The Morgan fingerprint density at radius 1 is 1.05 bits per heavy atom. The lowest BCUT2D eigenvalue weighted by Crippen LogP contribution is -2.28. The Morgan fingerprint density at radius 2 is 1.97 bits per heavy atom. The Bertz CT molecular complexity index is 1800. The molecule has 1 saturated carbocycles. The van der Waals surface area contributed by atoms with E-state index in [0.29, 0.717) is 22.6 Å². The summed E-state index contributed by atoms with van der Waals surface area (Å²) in [5.74, 6) is 0.140. The fourth-order valence-electron chi connectivity index (χ4n) is 4.63. The smallest absolute Gasteiger partial charge is 0.227 e. The summed E-state index contributed by atoms with van der Waals surface area (Å²) < 4.78 is 13.7. The number of pyridine rings is 3. The first-order valence-electron chi connectivity index (χ1n) is 12.0. The molecule has 0 spiro atoms. The molecule has 0 aliphatic heterocycles. The highest BCUT2D eigenvalue weighted by molar-refractivity contribution is 7.13. The zero-order chi connectivity index (χ0) is 24.9. The number of rotatable bonds is 5. The monoisotopic (exact) mass is 509 g/mol. The topological polar surface area (TPSA) is 112 Å². The van der Waals surface area contributed by atoms with Gasteiger partial charge in [-0.2, -0.15) is 9.49 Å². The van der Waals surface area contributed by atoms with Crippen LogP contribution in [0.2, 0.25) is 0 Å². The number of fused-ring (bicyclic) bond motifs is 2. The molecular weight excluding hydrogens is 489 g/mol. The third-order valence-corrected chi connectivity index (χ3v) is 7.68. The minimum atomic E-state index is -0.249. The second kappa shape index (κ2) is 8.59. The number of nitrogens with zero attached hydrogens (tertiary/aromatic N) is 4. The van der Waals surface area contributed by atoms with Crippen LogP contribution in [0.4, 0.5) is 10.1 Å². The average Bonchev–Trinajstić information content (AvgIpc) is 3.60. The molecule has 1 aliphatic rings. The number of amides is 1. The van der Waals surface area contributed by atoms with Gasteiger partial charge in [0.05, 0.1) is 39.4 Å². The van der Waals surface area contributed by atoms with Gasteiger partial charge in [0.15, 0.2) is 5.13 Å². The number of aromatic nitrogens is 6. The van der Waals surface area contributed by atoms with Gasteiger partial charge in [-0.1, -0.05) is 6.42 Å². The molecule has 1 aliphatic carbocycles. The summed E-state index contributed by atoms with van der Waals surface area (Å²) in [7, 11) is 0. The first-order valence-corrected chi connectivity index (χ1v) is 12.8. The van der Waals surface area contributed by atoms with Gasteiger partial charge >= 0.3 is 0 Å². The number of anilines is 1. The molecule has 0 radical (unpaired) electrons. The number of aromatic amines is 2. The maximum absolute atomic E-state index is 13.7. The lowest BCUT2D eigenvalue weighted by Gasteiger charge is -2.24. The number of carbonyl (C=O) groups excluding carboxylic acids is 1. The van der Waals surface area contributed by atoms with Gasteiger partial charge in [-0.25, -0.2) is 4.98 Å². The summed E-state index contributed by atoms with van der Waals surface area (Å²) in [6.07, 6.45) is 8.07. The summed E-state index contributed by atoms with van der Waals surface area (Å²) in [6, 6.07) is 12.8. The summed E-state index contributed by atoms with van der Waals surface area (Å²) in [5.41, 5.74) is 6.69. The van der Waals surface area contributed by atoms with Crippen molar-refractivity contribution in [3.8, 4) is 33.2 Å². The van der Waals surface area contributed by atoms with Crippen LogP contribution in [0.25, 0.3) is 55.2 Å². The van der Waals surface area contributed by atoms with Crippen molar-refractivity contribution < 1.29 is 9.18 Å². The van der Waals surface area contributed by atoms with Crippen LogP contribution in [0.3, 0.4) is 0 Å². The third kappa shape index (κ3) is 3.86. The van der Waals surface area contributed by atoms with Crippen molar-refractivity contribution >= 4 is 44.9 Å². The molecule has 0 aromatic carbocycles. The van der Waals surface area contributed by atoms with E-state index in [1.807, 2.05) is 30.3 Å². The van der Waals surface area contributed by atoms with E-state index in [1.54, 1.807) is 24.7 Å². The molecule has 6 aromatic heterocycles.